The summed E-state index contributed by atoms with van der Waals surface area (Å²) in [6.45, 7) is 8.91. The van der Waals surface area contributed by atoms with E-state index in [4.69, 9.17) is 0 Å². The number of hydrogen-bond donors (Lipinski definition) is 1. The van der Waals surface area contributed by atoms with Crippen LogP contribution in [0.1, 0.15) is 6.92 Å². The second kappa shape index (κ2) is 4.50. The summed E-state index contributed by atoms with van der Waals surface area (Å²) < 4.78 is 0. The molecule has 0 atom stereocenters. The van der Waals surface area contributed by atoms with Gasteiger partial charge in [0.05, 0.1) is 0 Å². The van der Waals surface area contributed by atoms with Crippen LogP contribution >= 0.6 is 0 Å². The molecule has 0 aliphatic carbocycles. The van der Waals surface area contributed by atoms with E-state index in [0.717, 1.165) is 5.57 Å². The normalized spacial score (nSPS) is 11.5. The highest BCUT2D eigenvalue weighted by molar-refractivity contribution is 5.96. The van der Waals surface area contributed by atoms with E-state index in [1.807, 2.05) is 6.92 Å². The molecule has 2 heteroatoms. The van der Waals surface area contributed by atoms with Gasteiger partial charge in [-0.05, 0) is 12.5 Å². The predicted molar refractivity (Wildman–Crippen MR) is 47.2 cm³/mol. The monoisotopic (exact) mass is 151 g/mol. The van der Waals surface area contributed by atoms with Gasteiger partial charge >= 0.3 is 0 Å². The topological polar surface area (TPSA) is 29.1 Å². The van der Waals surface area contributed by atoms with Crippen LogP contribution in [0, 0.1) is 0 Å². The highest BCUT2D eigenvalue weighted by Gasteiger charge is 2.03. The predicted octanol–water partition coefficient (Wildman–Crippen LogP) is 1.42. The van der Waals surface area contributed by atoms with Crippen LogP contribution in [-0.4, -0.2) is 13.0 Å². The van der Waals surface area contributed by atoms with Crippen molar-refractivity contribution in [2.45, 2.75) is 6.92 Å². The molecule has 0 heterocycles. The largest absolute Gasteiger partial charge is 0.355 e. The van der Waals surface area contributed by atoms with Crippen molar-refractivity contribution < 1.29 is 4.79 Å². The Hall–Kier alpha value is -1.31. The van der Waals surface area contributed by atoms with Crippen molar-refractivity contribution in [1.82, 2.24) is 5.32 Å². The number of rotatable bonds is 3. The van der Waals surface area contributed by atoms with Gasteiger partial charge in [-0.3, -0.25) is 4.79 Å². The van der Waals surface area contributed by atoms with E-state index in [-0.39, 0.29) is 5.91 Å². The van der Waals surface area contributed by atoms with Gasteiger partial charge in [-0.25, -0.2) is 0 Å². The Labute approximate surface area is 67.3 Å². The van der Waals surface area contributed by atoms with Crippen LogP contribution in [0.15, 0.2) is 36.5 Å². The fourth-order valence-electron chi connectivity index (χ4n) is 0.677. The molecule has 1 amide bonds. The quantitative estimate of drug-likeness (QED) is 0.479. The molecule has 0 saturated carbocycles. The smallest absolute Gasteiger partial charge is 0.251 e. The highest BCUT2D eigenvalue weighted by Crippen LogP contribution is 2.05. The SMILES string of the molecule is C=C/C(C)=C(\C=C)C(=O)NC. The third-order valence-electron chi connectivity index (χ3n) is 1.41. The van der Waals surface area contributed by atoms with Gasteiger partial charge in [0, 0.05) is 12.6 Å². The van der Waals surface area contributed by atoms with E-state index in [1.54, 1.807) is 13.1 Å². The van der Waals surface area contributed by atoms with Crippen molar-refractivity contribution in [2.75, 3.05) is 7.05 Å². The summed E-state index contributed by atoms with van der Waals surface area (Å²) in [7, 11) is 1.59. The molecule has 0 radical (unpaired) electrons. The van der Waals surface area contributed by atoms with E-state index in [9.17, 15) is 4.79 Å². The maximum Gasteiger partial charge on any atom is 0.251 e. The number of carbonyl (C=O) groups is 1. The number of hydrogen-bond acceptors (Lipinski definition) is 1. The first kappa shape index (κ1) is 9.69. The van der Waals surface area contributed by atoms with Crippen LogP contribution in [0.4, 0.5) is 0 Å². The number of amides is 1. The first-order valence-corrected chi connectivity index (χ1v) is 3.35. The Kier molecular flexibility index (Phi) is 3.96. The van der Waals surface area contributed by atoms with Gasteiger partial charge in [0.25, 0.3) is 5.91 Å². The number of likely N-dealkylation sites (N-methyl/N-ethyl adjacent to an activating group) is 1. The molecular formula is C9H13NO. The molecule has 1 N–H and O–H groups in total. The van der Waals surface area contributed by atoms with Crippen molar-refractivity contribution >= 4 is 5.91 Å². The third-order valence-corrected chi connectivity index (χ3v) is 1.41. The van der Waals surface area contributed by atoms with Gasteiger partial charge in [0.15, 0.2) is 0 Å². The molecule has 0 aliphatic heterocycles. The Morgan fingerprint density at radius 2 is 1.91 bits per heavy atom. The molecule has 0 aromatic rings. The summed E-state index contributed by atoms with van der Waals surface area (Å²) in [6.07, 6.45) is 3.15. The van der Waals surface area contributed by atoms with Gasteiger partial charge in [-0.2, -0.15) is 0 Å². The van der Waals surface area contributed by atoms with Gasteiger partial charge < -0.3 is 5.32 Å². The minimum atomic E-state index is -0.127. The summed E-state index contributed by atoms with van der Waals surface area (Å²) in [4.78, 5) is 11.1. The molecule has 2 nitrogen and oxygen atoms in total. The van der Waals surface area contributed by atoms with E-state index in [2.05, 4.69) is 18.5 Å². The lowest BCUT2D eigenvalue weighted by molar-refractivity contribution is -0.116. The van der Waals surface area contributed by atoms with Crippen LogP contribution in [-0.2, 0) is 4.79 Å². The third kappa shape index (κ3) is 2.42. The molecule has 0 aromatic heterocycles. The van der Waals surface area contributed by atoms with Gasteiger partial charge in [-0.1, -0.05) is 25.3 Å². The maximum atomic E-state index is 11.1. The van der Waals surface area contributed by atoms with Crippen molar-refractivity contribution in [2.24, 2.45) is 0 Å². The zero-order valence-electron chi connectivity index (χ0n) is 6.98. The molecule has 11 heavy (non-hydrogen) atoms. The van der Waals surface area contributed by atoms with E-state index in [0.29, 0.717) is 5.57 Å². The lowest BCUT2D eigenvalue weighted by Crippen LogP contribution is -2.19. The molecule has 0 bridgehead atoms. The fourth-order valence-corrected chi connectivity index (χ4v) is 0.677. The summed E-state index contributed by atoms with van der Waals surface area (Å²) >= 11 is 0. The average Bonchev–Trinajstić information content (AvgIpc) is 2.05. The molecule has 0 fully saturated rings. The zero-order valence-corrected chi connectivity index (χ0v) is 6.98. The summed E-state index contributed by atoms with van der Waals surface area (Å²) in [6, 6.07) is 0. The van der Waals surface area contributed by atoms with Crippen molar-refractivity contribution in [3.8, 4) is 0 Å². The number of carbonyl (C=O) groups excluding carboxylic acids is 1. The number of nitrogens with one attached hydrogen (secondary N) is 1. The first-order chi connectivity index (χ1) is 5.17. The molecule has 0 rings (SSSR count). The molecule has 0 saturated heterocycles. The minimum absolute atomic E-state index is 0.127. The van der Waals surface area contributed by atoms with E-state index >= 15 is 0 Å². The van der Waals surface area contributed by atoms with E-state index < -0.39 is 0 Å². The zero-order chi connectivity index (χ0) is 8.85. The minimum Gasteiger partial charge on any atom is -0.355 e. The molecule has 0 aliphatic rings. The van der Waals surface area contributed by atoms with Gasteiger partial charge in [0.1, 0.15) is 0 Å². The summed E-state index contributed by atoms with van der Waals surface area (Å²) in [5.41, 5.74) is 1.40. The summed E-state index contributed by atoms with van der Waals surface area (Å²) in [5, 5.41) is 2.52. The van der Waals surface area contributed by atoms with Crippen LogP contribution in [0.2, 0.25) is 0 Å². The lowest BCUT2D eigenvalue weighted by atomic mass is 10.1. The summed E-state index contributed by atoms with van der Waals surface area (Å²) in [5.74, 6) is -0.127. The van der Waals surface area contributed by atoms with Crippen LogP contribution in [0.5, 0.6) is 0 Å². The molecule has 0 unspecified atom stereocenters. The molecule has 0 spiro atoms. The van der Waals surface area contributed by atoms with Crippen molar-refractivity contribution in [3.05, 3.63) is 36.5 Å². The molecule has 0 aromatic carbocycles. The highest BCUT2D eigenvalue weighted by atomic mass is 16.1. The standard InChI is InChI=1S/C9H13NO/c1-5-7(3)8(6-2)9(11)10-4/h5-6H,1-2H2,3-4H3,(H,10,11)/b8-7+. The van der Waals surface area contributed by atoms with Gasteiger partial charge in [-0.15, -0.1) is 0 Å². The fraction of sp³-hybridized carbons (Fsp3) is 0.222. The van der Waals surface area contributed by atoms with Gasteiger partial charge in [0.2, 0.25) is 0 Å². The Balaban J connectivity index is 4.78. The Morgan fingerprint density at radius 3 is 2.18 bits per heavy atom. The second-order valence-electron chi connectivity index (χ2n) is 2.08. The van der Waals surface area contributed by atoms with Crippen LogP contribution < -0.4 is 5.32 Å². The molecular weight excluding hydrogens is 138 g/mol. The average molecular weight is 151 g/mol. The van der Waals surface area contributed by atoms with Crippen molar-refractivity contribution in [3.63, 3.8) is 0 Å². The second-order valence-corrected chi connectivity index (χ2v) is 2.08. The van der Waals surface area contributed by atoms with Crippen molar-refractivity contribution in [1.29, 1.82) is 0 Å². The lowest BCUT2D eigenvalue weighted by Gasteiger charge is -2.01. The molecule has 60 valence electrons. The van der Waals surface area contributed by atoms with Crippen LogP contribution in [0.25, 0.3) is 0 Å². The Bertz CT molecular complexity index is 214. The van der Waals surface area contributed by atoms with E-state index in [1.165, 1.54) is 6.08 Å². The Morgan fingerprint density at radius 1 is 1.36 bits per heavy atom. The first-order valence-electron chi connectivity index (χ1n) is 3.35. The maximum absolute atomic E-state index is 11.1. The number of allylic oxidation sites excluding steroid dienone is 2. The van der Waals surface area contributed by atoms with Crippen LogP contribution in [0.3, 0.4) is 0 Å².